The van der Waals surface area contributed by atoms with Gasteiger partial charge in [0.15, 0.2) is 5.82 Å². The van der Waals surface area contributed by atoms with Gasteiger partial charge >= 0.3 is 6.09 Å². The molecule has 6 nitrogen and oxygen atoms in total. The van der Waals surface area contributed by atoms with Crippen LogP contribution in [0, 0.1) is 6.92 Å². The normalized spacial score (nSPS) is 11.3. The van der Waals surface area contributed by atoms with E-state index in [1.54, 1.807) is 7.05 Å². The van der Waals surface area contributed by atoms with Crippen molar-refractivity contribution in [3.63, 3.8) is 0 Å². The molecule has 0 spiro atoms. The van der Waals surface area contributed by atoms with Crippen LogP contribution in [-0.2, 0) is 11.3 Å². The van der Waals surface area contributed by atoms with E-state index in [0.29, 0.717) is 12.4 Å². The van der Waals surface area contributed by atoms with Crippen LogP contribution in [0.2, 0.25) is 0 Å². The number of nitrogens with zero attached hydrogens (tertiary/aromatic N) is 3. The SMILES string of the molecule is Cc1nc(CN(C)C(=O)OC(C)(C)C)n[nH]1. The molecule has 0 aliphatic heterocycles. The minimum atomic E-state index is -0.486. The van der Waals surface area contributed by atoms with Crippen LogP contribution >= 0.6 is 0 Å². The van der Waals surface area contributed by atoms with Crippen molar-refractivity contribution in [1.82, 2.24) is 20.1 Å². The molecule has 0 aliphatic carbocycles. The standard InChI is InChI=1S/C10H18N4O2/c1-7-11-8(13-12-7)6-14(5)9(15)16-10(2,3)4/h6H2,1-5H3,(H,11,12,13). The number of carbonyl (C=O) groups excluding carboxylic acids is 1. The summed E-state index contributed by atoms with van der Waals surface area (Å²) in [6.07, 6.45) is -0.380. The number of nitrogens with one attached hydrogen (secondary N) is 1. The number of rotatable bonds is 2. The van der Waals surface area contributed by atoms with E-state index in [1.165, 1.54) is 4.90 Å². The smallest absolute Gasteiger partial charge is 0.410 e. The maximum atomic E-state index is 11.6. The van der Waals surface area contributed by atoms with Crippen LogP contribution in [0.25, 0.3) is 0 Å². The molecule has 1 aromatic heterocycles. The van der Waals surface area contributed by atoms with E-state index in [4.69, 9.17) is 4.74 Å². The monoisotopic (exact) mass is 226 g/mol. The second-order valence-corrected chi connectivity index (χ2v) is 4.67. The molecule has 1 heterocycles. The molecule has 1 amide bonds. The van der Waals surface area contributed by atoms with E-state index >= 15 is 0 Å². The lowest BCUT2D eigenvalue weighted by atomic mass is 10.2. The van der Waals surface area contributed by atoms with Crippen LogP contribution in [0.3, 0.4) is 0 Å². The first-order valence-corrected chi connectivity index (χ1v) is 5.10. The summed E-state index contributed by atoms with van der Waals surface area (Å²) < 4.78 is 5.20. The minimum absolute atomic E-state index is 0.333. The Kier molecular flexibility index (Phi) is 3.51. The van der Waals surface area contributed by atoms with Gasteiger partial charge in [-0.2, -0.15) is 5.10 Å². The number of amides is 1. The number of carbonyl (C=O) groups is 1. The van der Waals surface area contributed by atoms with Crippen molar-refractivity contribution in [2.75, 3.05) is 7.05 Å². The van der Waals surface area contributed by atoms with E-state index in [-0.39, 0.29) is 6.09 Å². The molecule has 1 rings (SSSR count). The fraction of sp³-hybridized carbons (Fsp3) is 0.700. The number of aromatic nitrogens is 3. The molecule has 1 aromatic rings. The van der Waals surface area contributed by atoms with Crippen molar-refractivity contribution in [1.29, 1.82) is 0 Å². The zero-order valence-corrected chi connectivity index (χ0v) is 10.4. The van der Waals surface area contributed by atoms with E-state index in [1.807, 2.05) is 27.7 Å². The van der Waals surface area contributed by atoms with Crippen LogP contribution in [0.4, 0.5) is 4.79 Å². The molecule has 6 heteroatoms. The van der Waals surface area contributed by atoms with Crippen LogP contribution < -0.4 is 0 Å². The molecule has 0 aliphatic rings. The Morgan fingerprint density at radius 1 is 1.50 bits per heavy atom. The van der Waals surface area contributed by atoms with E-state index < -0.39 is 5.60 Å². The molecule has 0 unspecified atom stereocenters. The van der Waals surface area contributed by atoms with Gasteiger partial charge in [-0.15, -0.1) is 0 Å². The Hall–Kier alpha value is -1.59. The summed E-state index contributed by atoms with van der Waals surface area (Å²) in [5.41, 5.74) is -0.486. The summed E-state index contributed by atoms with van der Waals surface area (Å²) in [6.45, 7) is 7.63. The van der Waals surface area contributed by atoms with Gasteiger partial charge in [0.05, 0.1) is 6.54 Å². The number of ether oxygens (including phenoxy) is 1. The number of aryl methyl sites for hydroxylation is 1. The fourth-order valence-corrected chi connectivity index (χ4v) is 1.08. The highest BCUT2D eigenvalue weighted by atomic mass is 16.6. The predicted octanol–water partition coefficient (Wildman–Crippen LogP) is 1.48. The first-order valence-electron chi connectivity index (χ1n) is 5.10. The summed E-state index contributed by atoms with van der Waals surface area (Å²) in [4.78, 5) is 17.2. The summed E-state index contributed by atoms with van der Waals surface area (Å²) in [7, 11) is 1.65. The number of aromatic amines is 1. The molecule has 0 radical (unpaired) electrons. The average Bonchev–Trinajstić information content (AvgIpc) is 2.48. The molecular formula is C10H18N4O2. The van der Waals surface area contributed by atoms with Gasteiger partial charge < -0.3 is 9.64 Å². The summed E-state index contributed by atoms with van der Waals surface area (Å²) in [5.74, 6) is 1.30. The average molecular weight is 226 g/mol. The third kappa shape index (κ3) is 3.88. The molecule has 0 saturated carbocycles. The number of hydrogen-bond donors (Lipinski definition) is 1. The molecule has 90 valence electrons. The second-order valence-electron chi connectivity index (χ2n) is 4.67. The highest BCUT2D eigenvalue weighted by molar-refractivity contribution is 5.67. The first-order chi connectivity index (χ1) is 7.28. The van der Waals surface area contributed by atoms with Crippen molar-refractivity contribution < 1.29 is 9.53 Å². The van der Waals surface area contributed by atoms with Crippen LogP contribution in [0.1, 0.15) is 32.4 Å². The molecule has 0 saturated heterocycles. The molecule has 0 atom stereocenters. The zero-order valence-electron chi connectivity index (χ0n) is 10.4. The topological polar surface area (TPSA) is 71.1 Å². The zero-order chi connectivity index (χ0) is 12.3. The van der Waals surface area contributed by atoms with Crippen LogP contribution in [-0.4, -0.2) is 38.8 Å². The highest BCUT2D eigenvalue weighted by Crippen LogP contribution is 2.10. The van der Waals surface area contributed by atoms with Crippen molar-refractivity contribution in [2.24, 2.45) is 0 Å². The molecule has 1 N–H and O–H groups in total. The van der Waals surface area contributed by atoms with Gasteiger partial charge in [-0.05, 0) is 27.7 Å². The lowest BCUT2D eigenvalue weighted by Gasteiger charge is -2.23. The maximum Gasteiger partial charge on any atom is 0.410 e. The minimum Gasteiger partial charge on any atom is -0.444 e. The fourth-order valence-electron chi connectivity index (χ4n) is 1.08. The molecule has 0 bridgehead atoms. The van der Waals surface area contributed by atoms with Gasteiger partial charge in [-0.3, -0.25) is 5.10 Å². The van der Waals surface area contributed by atoms with Crippen LogP contribution in [0.5, 0.6) is 0 Å². The van der Waals surface area contributed by atoms with Crippen LogP contribution in [0.15, 0.2) is 0 Å². The van der Waals surface area contributed by atoms with E-state index in [9.17, 15) is 4.79 Å². The first kappa shape index (κ1) is 12.5. The van der Waals surface area contributed by atoms with Crippen molar-refractivity contribution in [3.8, 4) is 0 Å². The van der Waals surface area contributed by atoms with Gasteiger partial charge in [0.25, 0.3) is 0 Å². The molecule has 0 fully saturated rings. The van der Waals surface area contributed by atoms with E-state index in [2.05, 4.69) is 15.2 Å². The summed E-state index contributed by atoms with van der Waals surface area (Å²) in [6, 6.07) is 0. The Morgan fingerprint density at radius 3 is 2.56 bits per heavy atom. The lowest BCUT2D eigenvalue weighted by Crippen LogP contribution is -2.34. The lowest BCUT2D eigenvalue weighted by molar-refractivity contribution is 0.0281. The van der Waals surface area contributed by atoms with Gasteiger partial charge in [0.2, 0.25) is 0 Å². The third-order valence-electron chi connectivity index (χ3n) is 1.73. The Morgan fingerprint density at radius 2 is 2.12 bits per heavy atom. The summed E-state index contributed by atoms with van der Waals surface area (Å²) in [5, 5.41) is 6.67. The highest BCUT2D eigenvalue weighted by Gasteiger charge is 2.20. The number of hydrogen-bond acceptors (Lipinski definition) is 4. The van der Waals surface area contributed by atoms with Crippen molar-refractivity contribution in [2.45, 2.75) is 39.8 Å². The quantitative estimate of drug-likeness (QED) is 0.829. The Labute approximate surface area is 95.0 Å². The number of H-pyrrole nitrogens is 1. The van der Waals surface area contributed by atoms with Crippen molar-refractivity contribution >= 4 is 6.09 Å². The van der Waals surface area contributed by atoms with Gasteiger partial charge in [0, 0.05) is 7.05 Å². The van der Waals surface area contributed by atoms with Crippen molar-refractivity contribution in [3.05, 3.63) is 11.6 Å². The molecular weight excluding hydrogens is 208 g/mol. The van der Waals surface area contributed by atoms with Gasteiger partial charge in [-0.1, -0.05) is 0 Å². The second kappa shape index (κ2) is 4.51. The molecule has 0 aromatic carbocycles. The third-order valence-corrected chi connectivity index (χ3v) is 1.73. The Balaban J connectivity index is 2.52. The van der Waals surface area contributed by atoms with Gasteiger partial charge in [-0.25, -0.2) is 9.78 Å². The van der Waals surface area contributed by atoms with Gasteiger partial charge in [0.1, 0.15) is 11.4 Å². The largest absolute Gasteiger partial charge is 0.444 e. The maximum absolute atomic E-state index is 11.6. The molecule has 16 heavy (non-hydrogen) atoms. The predicted molar refractivity (Wildman–Crippen MR) is 58.8 cm³/mol. The van der Waals surface area contributed by atoms with E-state index in [0.717, 1.165) is 5.82 Å². The summed E-state index contributed by atoms with van der Waals surface area (Å²) >= 11 is 0. The Bertz CT molecular complexity index is 367.